The zero-order chi connectivity index (χ0) is 15.0. The van der Waals surface area contributed by atoms with Crippen LogP contribution in [0.15, 0.2) is 36.2 Å². The molecule has 0 unspecified atom stereocenters. The van der Waals surface area contributed by atoms with Gasteiger partial charge in [0.2, 0.25) is 0 Å². The molecule has 1 aromatic heterocycles. The second-order valence-corrected chi connectivity index (χ2v) is 4.60. The molecule has 3 N–H and O–H groups in total. The van der Waals surface area contributed by atoms with E-state index in [0.717, 1.165) is 11.0 Å². The lowest BCUT2D eigenvalue weighted by Crippen LogP contribution is -2.34. The van der Waals surface area contributed by atoms with E-state index in [1.165, 1.54) is 6.07 Å². The zero-order valence-corrected chi connectivity index (χ0v) is 10.9. The zero-order valence-electron chi connectivity index (χ0n) is 10.9. The van der Waals surface area contributed by atoms with E-state index in [4.69, 9.17) is 5.11 Å². The molecule has 0 spiro atoms. The van der Waals surface area contributed by atoms with E-state index in [2.05, 4.69) is 10.3 Å². The van der Waals surface area contributed by atoms with Gasteiger partial charge >= 0.3 is 0 Å². The van der Waals surface area contributed by atoms with Crippen LogP contribution in [0, 0.1) is 5.82 Å². The van der Waals surface area contributed by atoms with Crippen LogP contribution in [-0.4, -0.2) is 40.0 Å². The summed E-state index contributed by atoms with van der Waals surface area (Å²) in [6, 6.07) is 4.62. The van der Waals surface area contributed by atoms with Crippen LogP contribution in [0.25, 0.3) is 10.9 Å². The number of carbonyl (C=O) groups is 2. The van der Waals surface area contributed by atoms with Crippen LogP contribution in [0.2, 0.25) is 0 Å². The highest BCUT2D eigenvalue weighted by atomic mass is 19.1. The van der Waals surface area contributed by atoms with Gasteiger partial charge in [0.25, 0.3) is 11.8 Å². The van der Waals surface area contributed by atoms with Crippen molar-refractivity contribution in [2.45, 2.75) is 0 Å². The van der Waals surface area contributed by atoms with Crippen molar-refractivity contribution in [1.29, 1.82) is 0 Å². The highest BCUT2D eigenvalue weighted by Crippen LogP contribution is 2.24. The summed E-state index contributed by atoms with van der Waals surface area (Å²) >= 11 is 0. The highest BCUT2D eigenvalue weighted by Gasteiger charge is 2.30. The first kappa shape index (κ1) is 13.3. The lowest BCUT2D eigenvalue weighted by molar-refractivity contribution is -0.137. The number of hydrogen-bond donors (Lipinski definition) is 3. The monoisotopic (exact) mass is 289 g/mol. The summed E-state index contributed by atoms with van der Waals surface area (Å²) in [4.78, 5) is 27.3. The molecule has 0 saturated heterocycles. The number of rotatable bonds is 4. The van der Waals surface area contributed by atoms with Crippen LogP contribution in [0.4, 0.5) is 10.1 Å². The predicted octanol–water partition coefficient (Wildman–Crippen LogP) is 0.964. The number of carbonyl (C=O) groups excluding carboxylic acids is 2. The van der Waals surface area contributed by atoms with E-state index in [9.17, 15) is 14.0 Å². The molecule has 2 heterocycles. The molecule has 3 rings (SSSR count). The van der Waals surface area contributed by atoms with E-state index in [-0.39, 0.29) is 18.8 Å². The first-order valence-corrected chi connectivity index (χ1v) is 6.32. The summed E-state index contributed by atoms with van der Waals surface area (Å²) in [5.41, 5.74) is 0.811. The Morgan fingerprint density at radius 1 is 1.33 bits per heavy atom. The lowest BCUT2D eigenvalue weighted by atomic mass is 10.2. The average molecular weight is 289 g/mol. The van der Waals surface area contributed by atoms with Crippen molar-refractivity contribution in [3.8, 4) is 0 Å². The fraction of sp³-hybridized carbons (Fsp3) is 0.143. The van der Waals surface area contributed by atoms with E-state index in [0.29, 0.717) is 16.6 Å². The minimum absolute atomic E-state index is 0.0581. The number of H-pyrrole nitrogens is 1. The van der Waals surface area contributed by atoms with Gasteiger partial charge in [0.15, 0.2) is 0 Å². The molecule has 108 valence electrons. The summed E-state index contributed by atoms with van der Waals surface area (Å²) < 4.78 is 13.8. The van der Waals surface area contributed by atoms with E-state index < -0.39 is 17.6 Å². The second-order valence-electron chi connectivity index (χ2n) is 4.60. The van der Waals surface area contributed by atoms with Crippen LogP contribution in [-0.2, 0) is 9.59 Å². The van der Waals surface area contributed by atoms with Gasteiger partial charge in [-0.15, -0.1) is 0 Å². The van der Waals surface area contributed by atoms with Gasteiger partial charge in [0.05, 0.1) is 18.7 Å². The normalized spacial score (nSPS) is 15.0. The number of aromatic nitrogens is 1. The van der Waals surface area contributed by atoms with Crippen molar-refractivity contribution in [2.75, 3.05) is 18.5 Å². The summed E-state index contributed by atoms with van der Waals surface area (Å²) in [5, 5.41) is 12.2. The number of aromatic amines is 1. The van der Waals surface area contributed by atoms with Gasteiger partial charge in [-0.05, 0) is 18.2 Å². The number of aliphatic hydroxyl groups is 1. The van der Waals surface area contributed by atoms with Crippen molar-refractivity contribution in [3.05, 3.63) is 42.0 Å². The maximum Gasteiger partial charge on any atom is 0.277 e. The molecule has 0 radical (unpaired) electrons. The molecular formula is C14H12FN3O3. The van der Waals surface area contributed by atoms with E-state index in [1.54, 1.807) is 18.3 Å². The number of β-amino-alcohol motifs (C(OH)–C–C–N with tert-alkyl or cyclic N) is 1. The quantitative estimate of drug-likeness (QED) is 0.732. The van der Waals surface area contributed by atoms with Crippen molar-refractivity contribution >= 4 is 28.4 Å². The molecular weight excluding hydrogens is 277 g/mol. The topological polar surface area (TPSA) is 85.4 Å². The maximum atomic E-state index is 13.8. The van der Waals surface area contributed by atoms with E-state index in [1.807, 2.05) is 0 Å². The SMILES string of the molecule is O=C1C=C(Nc2cc(F)c3[nH]ccc3c2)C(=O)N1CCO. The Kier molecular flexibility index (Phi) is 3.19. The minimum atomic E-state index is -0.538. The molecule has 2 aromatic rings. The fourth-order valence-electron chi connectivity index (χ4n) is 2.26. The van der Waals surface area contributed by atoms with Gasteiger partial charge in [0, 0.05) is 23.3 Å². The Labute approximate surface area is 118 Å². The number of aliphatic hydroxyl groups excluding tert-OH is 1. The van der Waals surface area contributed by atoms with Gasteiger partial charge in [-0.25, -0.2) is 4.39 Å². The second kappa shape index (κ2) is 5.02. The molecule has 6 nitrogen and oxygen atoms in total. The fourth-order valence-corrected chi connectivity index (χ4v) is 2.26. The number of imide groups is 1. The number of hydrogen-bond acceptors (Lipinski definition) is 4. The Hall–Kier alpha value is -2.67. The van der Waals surface area contributed by atoms with Crippen molar-refractivity contribution in [1.82, 2.24) is 9.88 Å². The standard InChI is InChI=1S/C14H12FN3O3/c15-10-6-9(5-8-1-2-16-13(8)10)17-11-7-12(20)18(3-4-19)14(11)21/h1-2,5-7,16-17,19H,3-4H2. The number of amides is 2. The third kappa shape index (κ3) is 2.27. The summed E-state index contributed by atoms with van der Waals surface area (Å²) in [5.74, 6) is -1.49. The van der Waals surface area contributed by atoms with E-state index >= 15 is 0 Å². The molecule has 0 aliphatic carbocycles. The smallest absolute Gasteiger partial charge is 0.277 e. The number of fused-ring (bicyclic) bond motifs is 1. The van der Waals surface area contributed by atoms with Gasteiger partial charge < -0.3 is 15.4 Å². The third-order valence-electron chi connectivity index (χ3n) is 3.22. The Morgan fingerprint density at radius 3 is 2.90 bits per heavy atom. The number of halogens is 1. The van der Waals surface area contributed by atoms with Crippen LogP contribution in [0.1, 0.15) is 0 Å². The molecule has 7 heteroatoms. The number of nitrogens with zero attached hydrogens (tertiary/aromatic N) is 1. The first-order valence-electron chi connectivity index (χ1n) is 6.32. The largest absolute Gasteiger partial charge is 0.395 e. The van der Waals surface area contributed by atoms with Crippen molar-refractivity contribution < 1.29 is 19.1 Å². The number of nitrogens with one attached hydrogen (secondary N) is 2. The van der Waals surface area contributed by atoms with Gasteiger partial charge in [-0.3, -0.25) is 14.5 Å². The molecule has 1 aliphatic rings. The highest BCUT2D eigenvalue weighted by molar-refractivity contribution is 6.17. The van der Waals surface area contributed by atoms with Crippen molar-refractivity contribution in [3.63, 3.8) is 0 Å². The van der Waals surface area contributed by atoms with Crippen LogP contribution >= 0.6 is 0 Å². The minimum Gasteiger partial charge on any atom is -0.395 e. The van der Waals surface area contributed by atoms with Crippen LogP contribution in [0.5, 0.6) is 0 Å². The molecule has 0 atom stereocenters. The lowest BCUT2D eigenvalue weighted by Gasteiger charge is -2.13. The molecule has 0 bridgehead atoms. The van der Waals surface area contributed by atoms with Gasteiger partial charge in [0.1, 0.15) is 11.5 Å². The Balaban J connectivity index is 1.87. The summed E-state index contributed by atoms with van der Waals surface area (Å²) in [6.45, 7) is -0.368. The Morgan fingerprint density at radius 2 is 2.14 bits per heavy atom. The summed E-state index contributed by atoms with van der Waals surface area (Å²) in [7, 11) is 0. The number of benzene rings is 1. The molecule has 2 amide bonds. The molecule has 1 aromatic carbocycles. The average Bonchev–Trinajstić information content (AvgIpc) is 3.00. The molecule has 1 aliphatic heterocycles. The predicted molar refractivity (Wildman–Crippen MR) is 73.8 cm³/mol. The number of anilines is 1. The Bertz CT molecular complexity index is 766. The van der Waals surface area contributed by atoms with Crippen molar-refractivity contribution in [2.24, 2.45) is 0 Å². The molecule has 0 saturated carbocycles. The van der Waals surface area contributed by atoms with Gasteiger partial charge in [-0.1, -0.05) is 0 Å². The summed E-state index contributed by atoms with van der Waals surface area (Å²) in [6.07, 6.45) is 2.75. The maximum absolute atomic E-state index is 13.8. The third-order valence-corrected chi connectivity index (χ3v) is 3.22. The van der Waals surface area contributed by atoms with Crippen LogP contribution < -0.4 is 5.32 Å². The first-order chi connectivity index (χ1) is 10.1. The van der Waals surface area contributed by atoms with Gasteiger partial charge in [-0.2, -0.15) is 0 Å². The molecule has 0 fully saturated rings. The van der Waals surface area contributed by atoms with Crippen LogP contribution in [0.3, 0.4) is 0 Å². The molecule has 21 heavy (non-hydrogen) atoms.